The van der Waals surface area contributed by atoms with Crippen LogP contribution in [0.1, 0.15) is 12.5 Å². The molecule has 8 heteroatoms. The molecule has 3 aromatic rings. The first-order chi connectivity index (χ1) is 12.1. The Morgan fingerprint density at radius 1 is 1.20 bits per heavy atom. The van der Waals surface area contributed by atoms with Gasteiger partial charge in [0.05, 0.1) is 16.6 Å². The molecule has 0 fully saturated rings. The van der Waals surface area contributed by atoms with Crippen LogP contribution in [0.15, 0.2) is 53.7 Å². The average Bonchev–Trinajstić information content (AvgIpc) is 3.05. The van der Waals surface area contributed by atoms with Crippen molar-refractivity contribution in [3.05, 3.63) is 59.9 Å². The number of benzene rings is 2. The summed E-state index contributed by atoms with van der Waals surface area (Å²) < 4.78 is 15.3. The highest BCUT2D eigenvalue weighted by molar-refractivity contribution is 8.00. The van der Waals surface area contributed by atoms with Crippen LogP contribution in [0.25, 0.3) is 5.69 Å². The molecule has 0 unspecified atom stereocenters. The summed E-state index contributed by atoms with van der Waals surface area (Å²) in [4.78, 5) is 12.3. The lowest BCUT2D eigenvalue weighted by molar-refractivity contribution is -0.115. The van der Waals surface area contributed by atoms with E-state index in [4.69, 9.17) is 0 Å². The van der Waals surface area contributed by atoms with E-state index in [2.05, 4.69) is 20.8 Å². The highest BCUT2D eigenvalue weighted by Crippen LogP contribution is 2.25. The van der Waals surface area contributed by atoms with Crippen molar-refractivity contribution in [2.75, 3.05) is 5.32 Å². The molecule has 0 aliphatic heterocycles. The van der Waals surface area contributed by atoms with Crippen molar-refractivity contribution in [3.8, 4) is 5.69 Å². The number of hydrogen-bond acceptors (Lipinski definition) is 5. The number of aryl methyl sites for hydroxylation is 1. The Labute approximate surface area is 148 Å². The van der Waals surface area contributed by atoms with Gasteiger partial charge in [0, 0.05) is 0 Å². The molecular formula is C17H16FN5OS. The van der Waals surface area contributed by atoms with Crippen LogP contribution in [0.3, 0.4) is 0 Å². The lowest BCUT2D eigenvalue weighted by Crippen LogP contribution is -2.23. The van der Waals surface area contributed by atoms with Crippen LogP contribution in [0.5, 0.6) is 0 Å². The molecular weight excluding hydrogens is 341 g/mol. The minimum Gasteiger partial charge on any atom is -0.323 e. The predicted molar refractivity (Wildman–Crippen MR) is 94.2 cm³/mol. The Kier molecular flexibility index (Phi) is 5.08. The highest BCUT2D eigenvalue weighted by Gasteiger charge is 2.20. The number of rotatable bonds is 5. The van der Waals surface area contributed by atoms with Crippen LogP contribution in [-0.4, -0.2) is 31.4 Å². The molecule has 0 radical (unpaired) electrons. The third kappa shape index (κ3) is 3.85. The summed E-state index contributed by atoms with van der Waals surface area (Å²) in [6.45, 7) is 3.68. The van der Waals surface area contributed by atoms with Crippen LogP contribution in [0.2, 0.25) is 0 Å². The zero-order valence-corrected chi connectivity index (χ0v) is 14.5. The molecule has 2 aromatic carbocycles. The molecule has 1 amide bonds. The van der Waals surface area contributed by atoms with Gasteiger partial charge in [-0.25, -0.2) is 4.39 Å². The normalized spacial score (nSPS) is 12.0. The van der Waals surface area contributed by atoms with Crippen LogP contribution in [-0.2, 0) is 4.79 Å². The maximum Gasteiger partial charge on any atom is 0.237 e. The Balaban J connectivity index is 1.75. The zero-order chi connectivity index (χ0) is 17.8. The van der Waals surface area contributed by atoms with Gasteiger partial charge in [-0.05, 0) is 48.0 Å². The van der Waals surface area contributed by atoms with Crippen LogP contribution in [0, 0.1) is 12.7 Å². The van der Waals surface area contributed by atoms with Crippen molar-refractivity contribution in [2.45, 2.75) is 24.3 Å². The first-order valence-corrected chi connectivity index (χ1v) is 8.50. The molecule has 0 bridgehead atoms. The van der Waals surface area contributed by atoms with Gasteiger partial charge in [0.25, 0.3) is 0 Å². The number of halogens is 1. The number of anilines is 1. The van der Waals surface area contributed by atoms with E-state index in [1.54, 1.807) is 23.7 Å². The maximum absolute atomic E-state index is 13.7. The fourth-order valence-corrected chi connectivity index (χ4v) is 3.01. The van der Waals surface area contributed by atoms with Crippen molar-refractivity contribution >= 4 is 23.4 Å². The number of thioether (sulfide) groups is 1. The smallest absolute Gasteiger partial charge is 0.237 e. The summed E-state index contributed by atoms with van der Waals surface area (Å²) in [5.74, 6) is -0.799. The van der Waals surface area contributed by atoms with E-state index in [1.807, 2.05) is 31.2 Å². The minimum atomic E-state index is -0.506. The summed E-state index contributed by atoms with van der Waals surface area (Å²) in [5.41, 5.74) is 2.01. The van der Waals surface area contributed by atoms with Gasteiger partial charge in [0.15, 0.2) is 0 Å². The first kappa shape index (κ1) is 17.1. The molecule has 0 spiro atoms. The molecule has 1 aromatic heterocycles. The van der Waals surface area contributed by atoms with Crippen molar-refractivity contribution in [1.82, 2.24) is 20.2 Å². The van der Waals surface area contributed by atoms with Gasteiger partial charge < -0.3 is 5.32 Å². The van der Waals surface area contributed by atoms with Gasteiger partial charge in [-0.1, -0.05) is 42.1 Å². The Hall–Kier alpha value is -2.74. The Morgan fingerprint density at radius 3 is 2.68 bits per heavy atom. The van der Waals surface area contributed by atoms with E-state index in [0.29, 0.717) is 5.16 Å². The van der Waals surface area contributed by atoms with Crippen molar-refractivity contribution < 1.29 is 9.18 Å². The third-order valence-corrected chi connectivity index (χ3v) is 4.60. The SMILES string of the molecule is Cc1ccccc1-n1nnnc1S[C@@H](C)C(=O)Nc1ccccc1F. The summed E-state index contributed by atoms with van der Waals surface area (Å²) in [6.07, 6.45) is 0. The second kappa shape index (κ2) is 7.43. The zero-order valence-electron chi connectivity index (χ0n) is 13.7. The molecule has 1 N–H and O–H groups in total. The van der Waals surface area contributed by atoms with Gasteiger partial charge in [0.2, 0.25) is 11.1 Å². The number of aromatic nitrogens is 4. The molecule has 0 aliphatic rings. The Bertz CT molecular complexity index is 898. The summed E-state index contributed by atoms with van der Waals surface area (Å²) >= 11 is 1.21. The van der Waals surface area contributed by atoms with E-state index in [9.17, 15) is 9.18 Å². The second-order valence-electron chi connectivity index (χ2n) is 5.39. The third-order valence-electron chi connectivity index (χ3n) is 3.57. The van der Waals surface area contributed by atoms with Crippen LogP contribution in [0.4, 0.5) is 10.1 Å². The van der Waals surface area contributed by atoms with E-state index in [-0.39, 0.29) is 11.6 Å². The molecule has 128 valence electrons. The quantitative estimate of drug-likeness (QED) is 0.710. The molecule has 0 saturated heterocycles. The van der Waals surface area contributed by atoms with E-state index < -0.39 is 11.1 Å². The predicted octanol–water partition coefficient (Wildman–Crippen LogP) is 3.23. The van der Waals surface area contributed by atoms with E-state index in [0.717, 1.165) is 11.3 Å². The maximum atomic E-state index is 13.7. The fourth-order valence-electron chi connectivity index (χ4n) is 2.21. The number of carbonyl (C=O) groups is 1. The van der Waals surface area contributed by atoms with E-state index >= 15 is 0 Å². The van der Waals surface area contributed by atoms with Gasteiger partial charge in [-0.3, -0.25) is 4.79 Å². The summed E-state index contributed by atoms with van der Waals surface area (Å²) in [7, 11) is 0. The highest BCUT2D eigenvalue weighted by atomic mass is 32.2. The van der Waals surface area contributed by atoms with Crippen molar-refractivity contribution in [3.63, 3.8) is 0 Å². The number of para-hydroxylation sites is 2. The number of hydrogen-bond donors (Lipinski definition) is 1. The molecule has 25 heavy (non-hydrogen) atoms. The van der Waals surface area contributed by atoms with Gasteiger partial charge in [0.1, 0.15) is 5.82 Å². The van der Waals surface area contributed by atoms with Crippen molar-refractivity contribution in [1.29, 1.82) is 0 Å². The number of nitrogens with zero attached hydrogens (tertiary/aromatic N) is 4. The van der Waals surface area contributed by atoms with Crippen LogP contribution >= 0.6 is 11.8 Å². The summed E-state index contributed by atoms with van der Waals surface area (Å²) in [6, 6.07) is 13.7. The largest absolute Gasteiger partial charge is 0.323 e. The lowest BCUT2D eigenvalue weighted by Gasteiger charge is -2.12. The van der Waals surface area contributed by atoms with Gasteiger partial charge >= 0.3 is 0 Å². The summed E-state index contributed by atoms with van der Waals surface area (Å²) in [5, 5.41) is 14.3. The van der Waals surface area contributed by atoms with E-state index in [1.165, 1.54) is 23.9 Å². The number of tetrazole rings is 1. The number of nitrogens with one attached hydrogen (secondary N) is 1. The monoisotopic (exact) mass is 357 g/mol. The molecule has 1 heterocycles. The average molecular weight is 357 g/mol. The molecule has 1 atom stereocenters. The Morgan fingerprint density at radius 2 is 1.92 bits per heavy atom. The minimum absolute atomic E-state index is 0.151. The topological polar surface area (TPSA) is 72.7 Å². The molecule has 0 saturated carbocycles. The number of amides is 1. The first-order valence-electron chi connectivity index (χ1n) is 7.62. The van der Waals surface area contributed by atoms with Crippen molar-refractivity contribution in [2.24, 2.45) is 0 Å². The second-order valence-corrected chi connectivity index (χ2v) is 6.70. The van der Waals surface area contributed by atoms with Crippen LogP contribution < -0.4 is 5.32 Å². The van der Waals surface area contributed by atoms with Gasteiger partial charge in [-0.15, -0.1) is 5.10 Å². The van der Waals surface area contributed by atoms with Gasteiger partial charge in [-0.2, -0.15) is 4.68 Å². The lowest BCUT2D eigenvalue weighted by atomic mass is 10.2. The molecule has 6 nitrogen and oxygen atoms in total. The fraction of sp³-hybridized carbons (Fsp3) is 0.176. The number of carbonyl (C=O) groups excluding carboxylic acids is 1. The standard InChI is InChI=1S/C17H16FN5OS/c1-11-7-3-6-10-15(11)23-17(20-21-22-23)25-12(2)16(24)19-14-9-5-4-8-13(14)18/h3-10,12H,1-2H3,(H,19,24)/t12-/m0/s1. The molecule has 0 aliphatic carbocycles. The molecule has 3 rings (SSSR count).